The summed E-state index contributed by atoms with van der Waals surface area (Å²) >= 11 is 12.9. The van der Waals surface area contributed by atoms with E-state index in [0.717, 1.165) is 37.5 Å². The zero-order valence-electron chi connectivity index (χ0n) is 9.71. The van der Waals surface area contributed by atoms with Crippen molar-refractivity contribution in [3.63, 3.8) is 0 Å². The van der Waals surface area contributed by atoms with Crippen LogP contribution in [0.2, 0.25) is 5.02 Å². The SMILES string of the molecule is Cc1cc(Oc2cc(Br)ccc2CBr)ccc1Cl. The largest absolute Gasteiger partial charge is 0.457 e. The van der Waals surface area contributed by atoms with E-state index in [1.165, 1.54) is 0 Å². The van der Waals surface area contributed by atoms with E-state index in [0.29, 0.717) is 0 Å². The molecular formula is C14H11Br2ClO. The first kappa shape index (κ1) is 13.9. The molecule has 4 heteroatoms. The molecule has 0 saturated carbocycles. The average Bonchev–Trinajstić information content (AvgIpc) is 2.34. The Kier molecular flexibility index (Phi) is 4.71. The summed E-state index contributed by atoms with van der Waals surface area (Å²) in [6.45, 7) is 1.96. The third kappa shape index (κ3) is 3.28. The number of hydrogen-bond acceptors (Lipinski definition) is 1. The highest BCUT2D eigenvalue weighted by molar-refractivity contribution is 9.10. The summed E-state index contributed by atoms with van der Waals surface area (Å²) in [5.74, 6) is 1.63. The second-order valence-electron chi connectivity index (χ2n) is 3.90. The molecule has 2 aromatic carbocycles. The van der Waals surface area contributed by atoms with Crippen LogP contribution in [0.4, 0.5) is 0 Å². The minimum Gasteiger partial charge on any atom is -0.457 e. The maximum atomic E-state index is 6.00. The van der Waals surface area contributed by atoms with E-state index in [4.69, 9.17) is 16.3 Å². The zero-order valence-corrected chi connectivity index (χ0v) is 13.6. The summed E-state index contributed by atoms with van der Waals surface area (Å²) in [6, 6.07) is 11.6. The first-order valence-corrected chi connectivity index (χ1v) is 7.68. The number of aryl methyl sites for hydroxylation is 1. The van der Waals surface area contributed by atoms with Gasteiger partial charge in [-0.15, -0.1) is 0 Å². The summed E-state index contributed by atoms with van der Waals surface area (Å²) in [6.07, 6.45) is 0. The van der Waals surface area contributed by atoms with Crippen LogP contribution in [-0.2, 0) is 5.33 Å². The van der Waals surface area contributed by atoms with Gasteiger partial charge in [0.15, 0.2) is 0 Å². The predicted octanol–water partition coefficient (Wildman–Crippen LogP) is 6.10. The van der Waals surface area contributed by atoms with Gasteiger partial charge in [0.1, 0.15) is 11.5 Å². The number of benzene rings is 2. The van der Waals surface area contributed by atoms with Crippen LogP contribution in [0.25, 0.3) is 0 Å². The zero-order chi connectivity index (χ0) is 13.1. The van der Waals surface area contributed by atoms with E-state index < -0.39 is 0 Å². The van der Waals surface area contributed by atoms with Crippen LogP contribution >= 0.6 is 43.5 Å². The Morgan fingerprint density at radius 3 is 2.61 bits per heavy atom. The molecule has 0 bridgehead atoms. The van der Waals surface area contributed by atoms with Gasteiger partial charge in [0.05, 0.1) is 0 Å². The summed E-state index contributed by atoms with van der Waals surface area (Å²) in [4.78, 5) is 0. The Balaban J connectivity index is 2.33. The Bertz CT molecular complexity index is 570. The van der Waals surface area contributed by atoms with Gasteiger partial charge in [0.25, 0.3) is 0 Å². The molecule has 0 radical (unpaired) electrons. The molecule has 18 heavy (non-hydrogen) atoms. The summed E-state index contributed by atoms with van der Waals surface area (Å²) < 4.78 is 6.89. The Morgan fingerprint density at radius 1 is 1.17 bits per heavy atom. The van der Waals surface area contributed by atoms with Gasteiger partial charge in [0.2, 0.25) is 0 Å². The standard InChI is InChI=1S/C14H11Br2ClO/c1-9-6-12(4-5-13(9)17)18-14-7-11(16)3-2-10(14)8-15/h2-7H,8H2,1H3. The Morgan fingerprint density at radius 2 is 1.94 bits per heavy atom. The van der Waals surface area contributed by atoms with Crippen molar-refractivity contribution < 1.29 is 4.74 Å². The normalized spacial score (nSPS) is 10.4. The fourth-order valence-corrected chi connectivity index (χ4v) is 2.46. The summed E-state index contributed by atoms with van der Waals surface area (Å²) in [5.41, 5.74) is 2.11. The lowest BCUT2D eigenvalue weighted by Crippen LogP contribution is -1.90. The van der Waals surface area contributed by atoms with E-state index >= 15 is 0 Å². The van der Waals surface area contributed by atoms with Gasteiger partial charge in [-0.05, 0) is 42.8 Å². The van der Waals surface area contributed by atoms with Crippen LogP contribution in [0.1, 0.15) is 11.1 Å². The third-order valence-electron chi connectivity index (χ3n) is 2.53. The van der Waals surface area contributed by atoms with Crippen LogP contribution in [0.3, 0.4) is 0 Å². The van der Waals surface area contributed by atoms with Gasteiger partial charge < -0.3 is 4.74 Å². The van der Waals surface area contributed by atoms with Crippen LogP contribution in [0.15, 0.2) is 40.9 Å². The van der Waals surface area contributed by atoms with Crippen molar-refractivity contribution in [3.05, 3.63) is 57.0 Å². The van der Waals surface area contributed by atoms with Gasteiger partial charge in [-0.25, -0.2) is 0 Å². The van der Waals surface area contributed by atoms with Gasteiger partial charge in [-0.2, -0.15) is 0 Å². The molecule has 0 atom stereocenters. The van der Waals surface area contributed by atoms with Crippen LogP contribution < -0.4 is 4.74 Å². The van der Waals surface area contributed by atoms with Gasteiger partial charge in [-0.3, -0.25) is 0 Å². The second-order valence-corrected chi connectivity index (χ2v) is 5.78. The quantitative estimate of drug-likeness (QED) is 0.576. The molecule has 0 fully saturated rings. The highest BCUT2D eigenvalue weighted by Gasteiger charge is 2.06. The van der Waals surface area contributed by atoms with E-state index in [9.17, 15) is 0 Å². The lowest BCUT2D eigenvalue weighted by atomic mass is 10.2. The molecule has 0 amide bonds. The Hall–Kier alpha value is -0.510. The summed E-state index contributed by atoms with van der Waals surface area (Å²) in [7, 11) is 0. The molecule has 0 N–H and O–H groups in total. The number of hydrogen-bond donors (Lipinski definition) is 0. The summed E-state index contributed by atoms with van der Waals surface area (Å²) in [5, 5.41) is 1.50. The first-order valence-electron chi connectivity index (χ1n) is 5.38. The first-order chi connectivity index (χ1) is 8.60. The average molecular weight is 391 g/mol. The molecule has 94 valence electrons. The lowest BCUT2D eigenvalue weighted by molar-refractivity contribution is 0.478. The van der Waals surface area contributed by atoms with Crippen molar-refractivity contribution in [1.82, 2.24) is 0 Å². The number of halogens is 3. The third-order valence-corrected chi connectivity index (χ3v) is 4.05. The molecule has 0 aliphatic heterocycles. The van der Waals surface area contributed by atoms with Crippen molar-refractivity contribution in [2.45, 2.75) is 12.3 Å². The van der Waals surface area contributed by atoms with Gasteiger partial charge in [-0.1, -0.05) is 49.5 Å². The molecule has 0 aromatic heterocycles. The molecule has 0 spiro atoms. The molecule has 2 aromatic rings. The Labute approximate surface area is 128 Å². The molecule has 0 aliphatic rings. The maximum Gasteiger partial charge on any atom is 0.132 e. The fourth-order valence-electron chi connectivity index (χ4n) is 1.54. The second kappa shape index (κ2) is 6.09. The van der Waals surface area contributed by atoms with E-state index in [-0.39, 0.29) is 0 Å². The van der Waals surface area contributed by atoms with Crippen molar-refractivity contribution >= 4 is 43.5 Å². The van der Waals surface area contributed by atoms with Crippen LogP contribution in [0, 0.1) is 6.92 Å². The van der Waals surface area contributed by atoms with Gasteiger partial charge in [0, 0.05) is 20.4 Å². The van der Waals surface area contributed by atoms with Crippen molar-refractivity contribution in [2.24, 2.45) is 0 Å². The van der Waals surface area contributed by atoms with Gasteiger partial charge >= 0.3 is 0 Å². The van der Waals surface area contributed by atoms with Crippen molar-refractivity contribution in [3.8, 4) is 11.5 Å². The van der Waals surface area contributed by atoms with Crippen molar-refractivity contribution in [1.29, 1.82) is 0 Å². The van der Waals surface area contributed by atoms with E-state index in [2.05, 4.69) is 31.9 Å². The number of ether oxygens (including phenoxy) is 1. The van der Waals surface area contributed by atoms with E-state index in [1.807, 2.05) is 43.3 Å². The topological polar surface area (TPSA) is 9.23 Å². The van der Waals surface area contributed by atoms with Crippen LogP contribution in [0.5, 0.6) is 11.5 Å². The smallest absolute Gasteiger partial charge is 0.132 e. The molecular weight excluding hydrogens is 379 g/mol. The lowest BCUT2D eigenvalue weighted by Gasteiger charge is -2.11. The molecule has 0 unspecified atom stereocenters. The molecule has 0 aliphatic carbocycles. The maximum absolute atomic E-state index is 6.00. The highest BCUT2D eigenvalue weighted by atomic mass is 79.9. The molecule has 2 rings (SSSR count). The minimum atomic E-state index is 0.748. The minimum absolute atomic E-state index is 0.748. The van der Waals surface area contributed by atoms with Crippen molar-refractivity contribution in [2.75, 3.05) is 0 Å². The highest BCUT2D eigenvalue weighted by Crippen LogP contribution is 2.31. The van der Waals surface area contributed by atoms with Crippen LogP contribution in [-0.4, -0.2) is 0 Å². The van der Waals surface area contributed by atoms with E-state index in [1.54, 1.807) is 0 Å². The molecule has 0 heterocycles. The number of rotatable bonds is 3. The number of alkyl halides is 1. The monoisotopic (exact) mass is 388 g/mol. The molecule has 0 saturated heterocycles. The molecule has 1 nitrogen and oxygen atoms in total. The fraction of sp³-hybridized carbons (Fsp3) is 0.143. The predicted molar refractivity (Wildman–Crippen MR) is 83.0 cm³/mol.